The van der Waals surface area contributed by atoms with Crippen LogP contribution in [0.4, 0.5) is 0 Å². The van der Waals surface area contributed by atoms with Crippen molar-refractivity contribution in [2.24, 2.45) is 11.3 Å². The lowest BCUT2D eigenvalue weighted by molar-refractivity contribution is -0.121. The number of fused-ring (bicyclic) bond motifs is 1. The predicted octanol–water partition coefficient (Wildman–Crippen LogP) is 4.80. The van der Waals surface area contributed by atoms with Gasteiger partial charge in [-0.1, -0.05) is 40.0 Å². The third kappa shape index (κ3) is 2.99. The number of methoxy groups -OCH3 is 1. The van der Waals surface area contributed by atoms with E-state index in [4.69, 9.17) is 4.74 Å². The zero-order chi connectivity index (χ0) is 14.8. The lowest BCUT2D eigenvalue weighted by Crippen LogP contribution is -2.17. The number of ketones is 1. The zero-order valence-electron chi connectivity index (χ0n) is 13.4. The molecule has 1 unspecified atom stereocenters. The van der Waals surface area contributed by atoms with E-state index < -0.39 is 0 Å². The summed E-state index contributed by atoms with van der Waals surface area (Å²) in [6.45, 7) is 6.38. The van der Waals surface area contributed by atoms with Gasteiger partial charge in [0.25, 0.3) is 0 Å². The minimum Gasteiger partial charge on any atom is -0.497 e. The number of hydrogen-bond donors (Lipinski definition) is 0. The van der Waals surface area contributed by atoms with Crippen molar-refractivity contribution in [3.8, 4) is 0 Å². The molecule has 0 heterocycles. The number of allylic oxidation sites excluding steroid dienone is 3. The Morgan fingerprint density at radius 1 is 1.30 bits per heavy atom. The van der Waals surface area contributed by atoms with E-state index in [9.17, 15) is 4.79 Å². The molecule has 2 heteroatoms. The van der Waals surface area contributed by atoms with Crippen LogP contribution >= 0.6 is 0 Å². The smallest absolute Gasteiger partial charge is 0.164 e. The second-order valence-electron chi connectivity index (χ2n) is 6.90. The molecule has 1 atom stereocenters. The Morgan fingerprint density at radius 2 is 2.05 bits per heavy atom. The maximum absolute atomic E-state index is 12.4. The van der Waals surface area contributed by atoms with E-state index in [2.05, 4.69) is 20.8 Å². The topological polar surface area (TPSA) is 26.3 Å². The maximum Gasteiger partial charge on any atom is 0.164 e. The minimum atomic E-state index is -0.187. The van der Waals surface area contributed by atoms with Gasteiger partial charge in [0.1, 0.15) is 5.76 Å². The standard InChI is InChI=1S/C18H28O2/c1-5-6-7-8-9-13-10-14-12-18(2,3)17(19)15(14)11-16(13)20-4/h11,14H,5-10,12H2,1-4H3. The van der Waals surface area contributed by atoms with Crippen LogP contribution < -0.4 is 0 Å². The average Bonchev–Trinajstić information content (AvgIpc) is 2.64. The van der Waals surface area contributed by atoms with Gasteiger partial charge in [0.15, 0.2) is 5.78 Å². The molecule has 1 saturated carbocycles. The fourth-order valence-electron chi connectivity index (χ4n) is 3.60. The SMILES string of the molecule is CCCCCCC1=C(OC)C=C2C(=O)C(C)(C)CC2C1. The Morgan fingerprint density at radius 3 is 2.70 bits per heavy atom. The molecule has 112 valence electrons. The predicted molar refractivity (Wildman–Crippen MR) is 82.4 cm³/mol. The molecule has 0 aromatic heterocycles. The Hall–Kier alpha value is -1.05. The highest BCUT2D eigenvalue weighted by Crippen LogP contribution is 2.47. The van der Waals surface area contributed by atoms with Gasteiger partial charge in [-0.2, -0.15) is 0 Å². The summed E-state index contributed by atoms with van der Waals surface area (Å²) >= 11 is 0. The summed E-state index contributed by atoms with van der Waals surface area (Å²) in [7, 11) is 1.73. The maximum atomic E-state index is 12.4. The molecule has 0 bridgehead atoms. The van der Waals surface area contributed by atoms with Crippen molar-refractivity contribution in [2.45, 2.75) is 65.7 Å². The van der Waals surface area contributed by atoms with Crippen LogP contribution in [0.3, 0.4) is 0 Å². The summed E-state index contributed by atoms with van der Waals surface area (Å²) in [4.78, 5) is 12.4. The van der Waals surface area contributed by atoms with Crippen molar-refractivity contribution >= 4 is 5.78 Å². The molecule has 2 aliphatic rings. The molecule has 2 rings (SSSR count). The molecule has 0 radical (unpaired) electrons. The van der Waals surface area contributed by atoms with Crippen molar-refractivity contribution in [1.82, 2.24) is 0 Å². The number of carbonyl (C=O) groups is 1. The molecule has 20 heavy (non-hydrogen) atoms. The normalized spacial score (nSPS) is 24.7. The van der Waals surface area contributed by atoms with Crippen LogP contribution in [0.25, 0.3) is 0 Å². The summed E-state index contributed by atoms with van der Waals surface area (Å²) in [5, 5.41) is 0. The van der Waals surface area contributed by atoms with E-state index in [1.807, 2.05) is 6.08 Å². The van der Waals surface area contributed by atoms with E-state index in [1.54, 1.807) is 7.11 Å². The molecule has 0 aromatic carbocycles. The summed E-state index contributed by atoms with van der Waals surface area (Å²) in [6, 6.07) is 0. The van der Waals surface area contributed by atoms with Gasteiger partial charge >= 0.3 is 0 Å². The number of unbranched alkanes of at least 4 members (excludes halogenated alkanes) is 3. The van der Waals surface area contributed by atoms with Crippen molar-refractivity contribution in [2.75, 3.05) is 7.11 Å². The van der Waals surface area contributed by atoms with Crippen LogP contribution in [0.5, 0.6) is 0 Å². The Balaban J connectivity index is 2.09. The molecule has 1 fully saturated rings. The first-order chi connectivity index (χ1) is 9.49. The van der Waals surface area contributed by atoms with Crippen LogP contribution in [0, 0.1) is 11.3 Å². The lowest BCUT2D eigenvalue weighted by atomic mass is 9.85. The van der Waals surface area contributed by atoms with Gasteiger partial charge < -0.3 is 4.74 Å². The van der Waals surface area contributed by atoms with Crippen LogP contribution in [-0.4, -0.2) is 12.9 Å². The van der Waals surface area contributed by atoms with Gasteiger partial charge in [-0.25, -0.2) is 0 Å². The number of Topliss-reactive ketones (excluding diaryl/α,β-unsaturated/α-hetero) is 1. The summed E-state index contributed by atoms with van der Waals surface area (Å²) < 4.78 is 5.54. The molecule has 0 amide bonds. The molecule has 2 aliphatic carbocycles. The first-order valence-electron chi connectivity index (χ1n) is 8.02. The van der Waals surface area contributed by atoms with E-state index in [-0.39, 0.29) is 5.41 Å². The zero-order valence-corrected chi connectivity index (χ0v) is 13.4. The van der Waals surface area contributed by atoms with Gasteiger partial charge in [0.2, 0.25) is 0 Å². The van der Waals surface area contributed by atoms with Gasteiger partial charge in [-0.05, 0) is 43.3 Å². The Kier molecular flexibility index (Phi) is 4.72. The highest BCUT2D eigenvalue weighted by molar-refractivity contribution is 6.03. The second kappa shape index (κ2) is 6.15. The molecule has 2 nitrogen and oxygen atoms in total. The van der Waals surface area contributed by atoms with Gasteiger partial charge in [-0.15, -0.1) is 0 Å². The third-order valence-corrected chi connectivity index (χ3v) is 4.75. The van der Waals surface area contributed by atoms with Gasteiger partial charge in [0, 0.05) is 11.0 Å². The lowest BCUT2D eigenvalue weighted by Gasteiger charge is -2.22. The van der Waals surface area contributed by atoms with Crippen LogP contribution in [0.1, 0.15) is 65.7 Å². The Bertz CT molecular complexity index is 440. The van der Waals surface area contributed by atoms with E-state index in [1.165, 1.54) is 31.3 Å². The molecule has 0 aliphatic heterocycles. The first kappa shape index (κ1) is 15.3. The van der Waals surface area contributed by atoms with E-state index in [0.717, 1.165) is 30.6 Å². The van der Waals surface area contributed by atoms with Gasteiger partial charge in [0.05, 0.1) is 7.11 Å². The number of ether oxygens (including phenoxy) is 1. The van der Waals surface area contributed by atoms with E-state index >= 15 is 0 Å². The minimum absolute atomic E-state index is 0.187. The first-order valence-corrected chi connectivity index (χ1v) is 8.02. The molecular weight excluding hydrogens is 248 g/mol. The summed E-state index contributed by atoms with van der Waals surface area (Å²) in [5.41, 5.74) is 2.24. The monoisotopic (exact) mass is 276 g/mol. The highest BCUT2D eigenvalue weighted by Gasteiger charge is 2.44. The largest absolute Gasteiger partial charge is 0.497 e. The summed E-state index contributed by atoms with van der Waals surface area (Å²) in [5.74, 6) is 1.71. The Labute approximate surface area is 123 Å². The van der Waals surface area contributed by atoms with Crippen LogP contribution in [0.2, 0.25) is 0 Å². The molecule has 0 aromatic rings. The molecular formula is C18H28O2. The second-order valence-corrected chi connectivity index (χ2v) is 6.90. The van der Waals surface area contributed by atoms with Crippen molar-refractivity contribution in [3.63, 3.8) is 0 Å². The molecule has 0 spiro atoms. The fraction of sp³-hybridized carbons (Fsp3) is 0.722. The van der Waals surface area contributed by atoms with Crippen molar-refractivity contribution < 1.29 is 9.53 Å². The average molecular weight is 276 g/mol. The van der Waals surface area contributed by atoms with E-state index in [0.29, 0.717) is 11.7 Å². The molecule has 0 saturated heterocycles. The quantitative estimate of drug-likeness (QED) is 0.651. The van der Waals surface area contributed by atoms with Crippen molar-refractivity contribution in [1.29, 1.82) is 0 Å². The summed E-state index contributed by atoms with van der Waals surface area (Å²) in [6.07, 6.45) is 10.3. The number of rotatable bonds is 6. The molecule has 0 N–H and O–H groups in total. The van der Waals surface area contributed by atoms with Gasteiger partial charge in [-0.3, -0.25) is 4.79 Å². The van der Waals surface area contributed by atoms with Crippen LogP contribution in [-0.2, 0) is 9.53 Å². The number of carbonyl (C=O) groups excluding carboxylic acids is 1. The fourth-order valence-corrected chi connectivity index (χ4v) is 3.60. The number of hydrogen-bond acceptors (Lipinski definition) is 2. The van der Waals surface area contributed by atoms with Crippen LogP contribution in [0.15, 0.2) is 23.0 Å². The van der Waals surface area contributed by atoms with Crippen molar-refractivity contribution in [3.05, 3.63) is 23.0 Å². The third-order valence-electron chi connectivity index (χ3n) is 4.75. The highest BCUT2D eigenvalue weighted by atomic mass is 16.5.